The van der Waals surface area contributed by atoms with E-state index in [-0.39, 0.29) is 11.7 Å². The van der Waals surface area contributed by atoms with Gasteiger partial charge in [-0.3, -0.25) is 4.79 Å². The van der Waals surface area contributed by atoms with Crippen LogP contribution in [0.2, 0.25) is 0 Å². The number of benzene rings is 1. The highest BCUT2D eigenvalue weighted by Gasteiger charge is 2.18. The minimum absolute atomic E-state index is 0.108. The predicted octanol–water partition coefficient (Wildman–Crippen LogP) is 2.00. The third-order valence-electron chi connectivity index (χ3n) is 2.65. The Morgan fingerprint density at radius 2 is 2.31 bits per heavy atom. The van der Waals surface area contributed by atoms with Crippen molar-refractivity contribution >= 4 is 11.6 Å². The van der Waals surface area contributed by atoms with E-state index in [1.54, 1.807) is 13.0 Å². The van der Waals surface area contributed by atoms with E-state index in [9.17, 15) is 9.18 Å². The second-order valence-electron chi connectivity index (χ2n) is 3.75. The Morgan fingerprint density at radius 3 is 3.06 bits per heavy atom. The fourth-order valence-corrected chi connectivity index (χ4v) is 1.76. The summed E-state index contributed by atoms with van der Waals surface area (Å²) in [5.41, 5.74) is 5.22. The summed E-state index contributed by atoms with van der Waals surface area (Å²) in [5, 5.41) is 4.06. The van der Waals surface area contributed by atoms with Gasteiger partial charge in [0.1, 0.15) is 5.82 Å². The number of fused-ring (bicyclic) bond motifs is 1. The fraction of sp³-hybridized carbons (Fsp3) is 0.333. The lowest BCUT2D eigenvalue weighted by Gasteiger charge is -2.01. The number of aryl methyl sites for hydroxylation is 1. The van der Waals surface area contributed by atoms with Crippen LogP contribution < -0.4 is 5.43 Å². The van der Waals surface area contributed by atoms with Crippen LogP contribution >= 0.6 is 0 Å². The van der Waals surface area contributed by atoms with E-state index in [1.165, 1.54) is 12.1 Å². The molecule has 1 N–H and O–H groups in total. The van der Waals surface area contributed by atoms with E-state index < -0.39 is 0 Å². The Kier molecular flexibility index (Phi) is 2.99. The average Bonchev–Trinajstić information content (AvgIpc) is 2.68. The van der Waals surface area contributed by atoms with Crippen LogP contribution in [0.4, 0.5) is 4.39 Å². The molecule has 0 aliphatic heterocycles. The summed E-state index contributed by atoms with van der Waals surface area (Å²) in [6.45, 7) is 1.77. The van der Waals surface area contributed by atoms with Crippen molar-refractivity contribution in [3.8, 4) is 0 Å². The summed E-state index contributed by atoms with van der Waals surface area (Å²) in [4.78, 5) is 11.1. The second kappa shape index (κ2) is 4.43. The number of amides is 1. The first-order chi connectivity index (χ1) is 7.70. The van der Waals surface area contributed by atoms with Crippen LogP contribution in [-0.2, 0) is 11.2 Å². The van der Waals surface area contributed by atoms with Gasteiger partial charge in [0.2, 0.25) is 5.91 Å². The SMILES string of the molecule is CCC(=O)NN=C1CCc2cc(F)ccc21. The molecule has 0 unspecified atom stereocenters. The van der Waals surface area contributed by atoms with Gasteiger partial charge in [0.15, 0.2) is 0 Å². The van der Waals surface area contributed by atoms with Gasteiger partial charge in [-0.2, -0.15) is 5.10 Å². The predicted molar refractivity (Wildman–Crippen MR) is 59.7 cm³/mol. The highest BCUT2D eigenvalue weighted by atomic mass is 19.1. The molecule has 84 valence electrons. The zero-order valence-electron chi connectivity index (χ0n) is 9.09. The lowest BCUT2D eigenvalue weighted by molar-refractivity contribution is -0.120. The smallest absolute Gasteiger partial charge is 0.239 e. The van der Waals surface area contributed by atoms with Crippen LogP contribution in [0.5, 0.6) is 0 Å². The number of nitrogens with one attached hydrogen (secondary N) is 1. The third-order valence-corrected chi connectivity index (χ3v) is 2.65. The lowest BCUT2D eigenvalue weighted by atomic mass is 10.1. The van der Waals surface area contributed by atoms with Gasteiger partial charge in [0.05, 0.1) is 5.71 Å². The number of carbonyl (C=O) groups is 1. The quantitative estimate of drug-likeness (QED) is 0.761. The van der Waals surface area contributed by atoms with Crippen molar-refractivity contribution < 1.29 is 9.18 Å². The summed E-state index contributed by atoms with van der Waals surface area (Å²) < 4.78 is 12.9. The van der Waals surface area contributed by atoms with Crippen LogP contribution in [0.15, 0.2) is 23.3 Å². The molecule has 0 heterocycles. The van der Waals surface area contributed by atoms with E-state index in [1.807, 2.05) is 0 Å². The summed E-state index contributed by atoms with van der Waals surface area (Å²) in [7, 11) is 0. The van der Waals surface area contributed by atoms with Crippen LogP contribution in [0.1, 0.15) is 30.9 Å². The summed E-state index contributed by atoms with van der Waals surface area (Å²) in [6, 6.07) is 4.66. The van der Waals surface area contributed by atoms with Gasteiger partial charge >= 0.3 is 0 Å². The molecule has 1 amide bonds. The fourth-order valence-electron chi connectivity index (χ4n) is 1.76. The Morgan fingerprint density at radius 1 is 1.50 bits per heavy atom. The zero-order chi connectivity index (χ0) is 11.5. The topological polar surface area (TPSA) is 41.5 Å². The van der Waals surface area contributed by atoms with Gasteiger partial charge in [0.25, 0.3) is 0 Å². The van der Waals surface area contributed by atoms with E-state index in [2.05, 4.69) is 10.5 Å². The number of rotatable bonds is 2. The van der Waals surface area contributed by atoms with Crippen molar-refractivity contribution in [2.45, 2.75) is 26.2 Å². The molecule has 0 atom stereocenters. The molecule has 0 bridgehead atoms. The van der Waals surface area contributed by atoms with E-state index in [0.717, 1.165) is 29.7 Å². The number of hydrogen-bond donors (Lipinski definition) is 1. The number of halogens is 1. The van der Waals surface area contributed by atoms with Crippen LogP contribution in [-0.4, -0.2) is 11.6 Å². The number of hydrazone groups is 1. The molecule has 2 rings (SSSR count). The van der Waals surface area contributed by atoms with Crippen LogP contribution in [0, 0.1) is 5.82 Å². The summed E-state index contributed by atoms with van der Waals surface area (Å²) >= 11 is 0. The van der Waals surface area contributed by atoms with Gasteiger partial charge in [-0.1, -0.05) is 6.92 Å². The monoisotopic (exact) mass is 220 g/mol. The van der Waals surface area contributed by atoms with Gasteiger partial charge < -0.3 is 0 Å². The number of carbonyl (C=O) groups excluding carboxylic acids is 1. The first-order valence-corrected chi connectivity index (χ1v) is 5.35. The molecule has 0 saturated carbocycles. The molecule has 0 fully saturated rings. The summed E-state index contributed by atoms with van der Waals surface area (Å²) in [5.74, 6) is -0.333. The first kappa shape index (κ1) is 10.8. The van der Waals surface area contributed by atoms with Crippen molar-refractivity contribution in [3.63, 3.8) is 0 Å². The molecule has 0 saturated heterocycles. The van der Waals surface area contributed by atoms with E-state index >= 15 is 0 Å². The summed E-state index contributed by atoms with van der Waals surface area (Å²) in [6.07, 6.45) is 1.95. The average molecular weight is 220 g/mol. The zero-order valence-corrected chi connectivity index (χ0v) is 9.09. The van der Waals surface area contributed by atoms with Crippen molar-refractivity contribution in [2.75, 3.05) is 0 Å². The Labute approximate surface area is 93.4 Å². The van der Waals surface area contributed by atoms with Gasteiger partial charge in [-0.15, -0.1) is 0 Å². The molecule has 4 heteroatoms. The molecule has 1 aromatic rings. The molecule has 0 spiro atoms. The normalized spacial score (nSPS) is 16.2. The maximum absolute atomic E-state index is 12.9. The largest absolute Gasteiger partial charge is 0.273 e. The van der Waals surface area contributed by atoms with Crippen LogP contribution in [0.25, 0.3) is 0 Å². The number of hydrogen-bond acceptors (Lipinski definition) is 2. The third kappa shape index (κ3) is 2.10. The Hall–Kier alpha value is -1.71. The molecule has 0 aromatic heterocycles. The maximum Gasteiger partial charge on any atom is 0.239 e. The Bertz CT molecular complexity index is 454. The first-order valence-electron chi connectivity index (χ1n) is 5.35. The van der Waals surface area contributed by atoms with Crippen molar-refractivity contribution in [3.05, 3.63) is 35.1 Å². The molecular weight excluding hydrogens is 207 g/mol. The molecule has 1 aromatic carbocycles. The highest BCUT2D eigenvalue weighted by Crippen LogP contribution is 2.23. The maximum atomic E-state index is 12.9. The Balaban J connectivity index is 2.20. The van der Waals surface area contributed by atoms with E-state index in [0.29, 0.717) is 6.42 Å². The highest BCUT2D eigenvalue weighted by molar-refractivity contribution is 6.04. The minimum Gasteiger partial charge on any atom is -0.273 e. The molecule has 0 radical (unpaired) electrons. The molecule has 1 aliphatic carbocycles. The molecule has 3 nitrogen and oxygen atoms in total. The van der Waals surface area contributed by atoms with E-state index in [4.69, 9.17) is 0 Å². The second-order valence-corrected chi connectivity index (χ2v) is 3.75. The van der Waals surface area contributed by atoms with Gasteiger partial charge in [-0.05, 0) is 36.6 Å². The lowest BCUT2D eigenvalue weighted by Crippen LogP contribution is -2.17. The standard InChI is InChI=1S/C12H13FN2O/c1-2-12(16)15-14-11-6-3-8-7-9(13)4-5-10(8)11/h4-5,7H,2-3,6H2,1H3,(H,15,16). The molecule has 16 heavy (non-hydrogen) atoms. The molecular formula is C12H13FN2O. The van der Waals surface area contributed by atoms with Gasteiger partial charge in [0, 0.05) is 12.0 Å². The van der Waals surface area contributed by atoms with Crippen LogP contribution in [0.3, 0.4) is 0 Å². The van der Waals surface area contributed by atoms with Crippen molar-refractivity contribution in [1.29, 1.82) is 0 Å². The van der Waals surface area contributed by atoms with Gasteiger partial charge in [-0.25, -0.2) is 9.82 Å². The van der Waals surface area contributed by atoms with Crippen molar-refractivity contribution in [1.82, 2.24) is 5.43 Å². The minimum atomic E-state index is -0.224. The number of nitrogens with zero attached hydrogens (tertiary/aromatic N) is 1. The van der Waals surface area contributed by atoms with Crippen molar-refractivity contribution in [2.24, 2.45) is 5.10 Å². The molecule has 1 aliphatic rings.